The number of likely N-dealkylation sites (N-methyl/N-ethyl adjacent to an activating group) is 1. The SMILES string of the molecule is CN[C@@H](C)C(=O)N[C@@H](Cc1ccc(C(F)(F)F)cc1)C(=O)N1CCC[C@H]1C(=O)N[C@@H](Cc1ccccc1)C(N)=O. The summed E-state index contributed by atoms with van der Waals surface area (Å²) in [7, 11) is 1.57. The number of benzene rings is 2. The van der Waals surface area contributed by atoms with Crippen molar-refractivity contribution in [2.24, 2.45) is 5.73 Å². The molecular formula is C28H34F3N5O4. The van der Waals surface area contributed by atoms with Crippen molar-refractivity contribution in [2.75, 3.05) is 13.6 Å². The number of rotatable bonds is 11. The Hall–Kier alpha value is -3.93. The summed E-state index contributed by atoms with van der Waals surface area (Å²) in [5.41, 5.74) is 5.90. The number of carbonyl (C=O) groups excluding carboxylic acids is 4. The fourth-order valence-corrected chi connectivity index (χ4v) is 4.54. The van der Waals surface area contributed by atoms with Crippen molar-refractivity contribution in [1.29, 1.82) is 0 Å². The summed E-state index contributed by atoms with van der Waals surface area (Å²) in [4.78, 5) is 53.0. The van der Waals surface area contributed by atoms with Gasteiger partial charge in [0, 0.05) is 19.4 Å². The molecule has 0 aliphatic carbocycles. The number of hydrogen-bond donors (Lipinski definition) is 4. The van der Waals surface area contributed by atoms with Crippen molar-refractivity contribution in [3.8, 4) is 0 Å². The lowest BCUT2D eigenvalue weighted by Gasteiger charge is -2.30. The molecule has 9 nitrogen and oxygen atoms in total. The largest absolute Gasteiger partial charge is 0.416 e. The Balaban J connectivity index is 1.78. The number of likely N-dealkylation sites (tertiary alicyclic amines) is 1. The summed E-state index contributed by atoms with van der Waals surface area (Å²) < 4.78 is 39.0. The molecule has 216 valence electrons. The Labute approximate surface area is 230 Å². The van der Waals surface area contributed by atoms with E-state index >= 15 is 0 Å². The fraction of sp³-hybridized carbons (Fsp3) is 0.429. The van der Waals surface area contributed by atoms with Crippen LogP contribution in [-0.4, -0.2) is 66.3 Å². The summed E-state index contributed by atoms with van der Waals surface area (Å²) in [6.07, 6.45) is -3.57. The van der Waals surface area contributed by atoms with Crippen LogP contribution in [0.3, 0.4) is 0 Å². The Kier molecular flexibility index (Phi) is 10.3. The molecule has 0 bridgehead atoms. The molecule has 3 rings (SSSR count). The summed E-state index contributed by atoms with van der Waals surface area (Å²) in [6, 6.07) is 9.68. The first kappa shape index (κ1) is 30.6. The highest BCUT2D eigenvalue weighted by Crippen LogP contribution is 2.29. The third kappa shape index (κ3) is 8.04. The summed E-state index contributed by atoms with van der Waals surface area (Å²) in [5.74, 6) is -2.30. The zero-order valence-corrected chi connectivity index (χ0v) is 22.3. The van der Waals surface area contributed by atoms with Crippen molar-refractivity contribution in [3.63, 3.8) is 0 Å². The molecule has 0 saturated carbocycles. The quantitative estimate of drug-likeness (QED) is 0.330. The zero-order chi connectivity index (χ0) is 29.4. The number of hydrogen-bond acceptors (Lipinski definition) is 5. The predicted molar refractivity (Wildman–Crippen MR) is 142 cm³/mol. The summed E-state index contributed by atoms with van der Waals surface area (Å²) in [6.45, 7) is 1.83. The number of halogens is 3. The van der Waals surface area contributed by atoms with Gasteiger partial charge in [-0.25, -0.2) is 0 Å². The third-order valence-corrected chi connectivity index (χ3v) is 6.94. The molecule has 4 atom stereocenters. The minimum atomic E-state index is -4.51. The Morgan fingerprint density at radius 1 is 0.950 bits per heavy atom. The molecule has 1 aliphatic heterocycles. The van der Waals surface area contributed by atoms with Gasteiger partial charge in [-0.2, -0.15) is 13.2 Å². The Bertz CT molecular complexity index is 1190. The van der Waals surface area contributed by atoms with Gasteiger partial charge in [-0.1, -0.05) is 42.5 Å². The number of nitrogens with two attached hydrogens (primary N) is 1. The molecule has 2 aromatic carbocycles. The topological polar surface area (TPSA) is 134 Å². The van der Waals surface area contributed by atoms with E-state index in [1.165, 1.54) is 17.0 Å². The standard InChI is InChI=1S/C28H34F3N5O4/c1-17(33-2)25(38)35-22(16-19-10-12-20(13-11-19)28(29,30)31)27(40)36-14-6-9-23(36)26(39)34-21(24(32)37)15-18-7-4-3-5-8-18/h3-5,7-8,10-13,17,21-23,33H,6,9,14-16H2,1-2H3,(H2,32,37)(H,34,39)(H,35,38)/t17-,21-,22-,23-/m0/s1. The second-order valence-corrected chi connectivity index (χ2v) is 9.81. The molecule has 1 fully saturated rings. The van der Waals surface area contributed by atoms with Gasteiger partial charge in [0.05, 0.1) is 11.6 Å². The third-order valence-electron chi connectivity index (χ3n) is 6.94. The van der Waals surface area contributed by atoms with Gasteiger partial charge in [-0.15, -0.1) is 0 Å². The average Bonchev–Trinajstić information content (AvgIpc) is 3.42. The maximum Gasteiger partial charge on any atom is 0.416 e. The van der Waals surface area contributed by atoms with Crippen LogP contribution in [0.2, 0.25) is 0 Å². The van der Waals surface area contributed by atoms with Crippen molar-refractivity contribution < 1.29 is 32.3 Å². The number of nitrogens with one attached hydrogen (secondary N) is 3. The maximum absolute atomic E-state index is 13.7. The molecule has 1 heterocycles. The number of carbonyl (C=O) groups is 4. The Morgan fingerprint density at radius 2 is 1.55 bits per heavy atom. The normalized spacial score (nSPS) is 17.5. The summed E-state index contributed by atoms with van der Waals surface area (Å²) in [5, 5.41) is 8.10. The first-order valence-electron chi connectivity index (χ1n) is 13.0. The molecule has 5 N–H and O–H groups in total. The lowest BCUT2D eigenvalue weighted by atomic mass is 10.0. The molecule has 12 heteroatoms. The van der Waals surface area contributed by atoms with E-state index in [1.54, 1.807) is 38.2 Å². The van der Waals surface area contributed by atoms with Gasteiger partial charge < -0.3 is 26.6 Å². The molecule has 40 heavy (non-hydrogen) atoms. The smallest absolute Gasteiger partial charge is 0.368 e. The molecule has 0 radical (unpaired) electrons. The molecule has 1 saturated heterocycles. The van der Waals surface area contributed by atoms with Crippen LogP contribution in [0.1, 0.15) is 36.5 Å². The molecular weight excluding hydrogens is 527 g/mol. The predicted octanol–water partition coefficient (Wildman–Crippen LogP) is 1.54. The van der Waals surface area contributed by atoms with Crippen LogP contribution in [0, 0.1) is 0 Å². The van der Waals surface area contributed by atoms with E-state index in [0.717, 1.165) is 17.7 Å². The second-order valence-electron chi connectivity index (χ2n) is 9.81. The van der Waals surface area contributed by atoms with E-state index in [0.29, 0.717) is 18.4 Å². The highest BCUT2D eigenvalue weighted by Gasteiger charge is 2.39. The van der Waals surface area contributed by atoms with E-state index in [9.17, 15) is 32.3 Å². The van der Waals surface area contributed by atoms with Gasteiger partial charge in [0.25, 0.3) is 0 Å². The molecule has 0 unspecified atom stereocenters. The molecule has 0 aromatic heterocycles. The van der Waals surface area contributed by atoms with Crippen LogP contribution in [0.4, 0.5) is 13.2 Å². The zero-order valence-electron chi connectivity index (χ0n) is 22.3. The van der Waals surface area contributed by atoms with Crippen LogP contribution in [0.5, 0.6) is 0 Å². The number of primary amides is 1. The number of amides is 4. The van der Waals surface area contributed by atoms with E-state index < -0.39 is 59.5 Å². The van der Waals surface area contributed by atoms with Crippen LogP contribution < -0.4 is 21.7 Å². The van der Waals surface area contributed by atoms with E-state index in [4.69, 9.17) is 5.73 Å². The number of nitrogens with zero attached hydrogens (tertiary/aromatic N) is 1. The van der Waals surface area contributed by atoms with Crippen LogP contribution >= 0.6 is 0 Å². The van der Waals surface area contributed by atoms with E-state index in [1.807, 2.05) is 6.07 Å². The fourth-order valence-electron chi connectivity index (χ4n) is 4.54. The second kappa shape index (κ2) is 13.4. The van der Waals surface area contributed by atoms with Gasteiger partial charge in [-0.05, 0) is 50.1 Å². The lowest BCUT2D eigenvalue weighted by Crippen LogP contribution is -2.57. The van der Waals surface area contributed by atoms with Crippen molar-refractivity contribution >= 4 is 23.6 Å². The van der Waals surface area contributed by atoms with Gasteiger partial charge in [0.15, 0.2) is 0 Å². The van der Waals surface area contributed by atoms with Crippen molar-refractivity contribution in [2.45, 2.75) is 63.0 Å². The lowest BCUT2D eigenvalue weighted by molar-refractivity contribution is -0.142. The molecule has 0 spiro atoms. The van der Waals surface area contributed by atoms with Crippen LogP contribution in [0.15, 0.2) is 54.6 Å². The highest BCUT2D eigenvalue weighted by atomic mass is 19.4. The van der Waals surface area contributed by atoms with Crippen molar-refractivity contribution in [3.05, 3.63) is 71.3 Å². The van der Waals surface area contributed by atoms with Crippen LogP contribution in [-0.2, 0) is 38.2 Å². The molecule has 1 aliphatic rings. The summed E-state index contributed by atoms with van der Waals surface area (Å²) >= 11 is 0. The van der Waals surface area contributed by atoms with Crippen LogP contribution in [0.25, 0.3) is 0 Å². The highest BCUT2D eigenvalue weighted by molar-refractivity contribution is 5.95. The molecule has 4 amide bonds. The van der Waals surface area contributed by atoms with Gasteiger partial charge in [0.2, 0.25) is 23.6 Å². The number of alkyl halides is 3. The Morgan fingerprint density at radius 3 is 2.12 bits per heavy atom. The monoisotopic (exact) mass is 561 g/mol. The minimum absolute atomic E-state index is 0.0814. The first-order chi connectivity index (χ1) is 18.9. The maximum atomic E-state index is 13.7. The van der Waals surface area contributed by atoms with Gasteiger partial charge >= 0.3 is 6.18 Å². The minimum Gasteiger partial charge on any atom is -0.368 e. The molecule has 2 aromatic rings. The van der Waals surface area contributed by atoms with E-state index in [2.05, 4.69) is 16.0 Å². The van der Waals surface area contributed by atoms with Gasteiger partial charge in [-0.3, -0.25) is 19.2 Å². The first-order valence-corrected chi connectivity index (χ1v) is 13.0. The average molecular weight is 562 g/mol. The van der Waals surface area contributed by atoms with E-state index in [-0.39, 0.29) is 19.4 Å². The van der Waals surface area contributed by atoms with Crippen molar-refractivity contribution in [1.82, 2.24) is 20.9 Å². The van der Waals surface area contributed by atoms with Gasteiger partial charge in [0.1, 0.15) is 18.1 Å².